The number of carbonyl (C=O) groups is 1. The molecular formula is C14H18ClNO4S. The second-order valence-corrected chi connectivity index (χ2v) is 7.56. The van der Waals surface area contributed by atoms with E-state index in [2.05, 4.69) is 5.32 Å². The number of carbonyl (C=O) groups excluding carboxylic acids is 1. The van der Waals surface area contributed by atoms with Crippen molar-refractivity contribution in [1.82, 2.24) is 5.32 Å². The minimum atomic E-state index is -3.34. The lowest BCUT2D eigenvalue weighted by atomic mass is 9.92. The van der Waals surface area contributed by atoms with Gasteiger partial charge in [-0.25, -0.2) is 8.42 Å². The van der Waals surface area contributed by atoms with Gasteiger partial charge in [0.25, 0.3) is 5.91 Å². The summed E-state index contributed by atoms with van der Waals surface area (Å²) in [5, 5.41) is 2.93. The van der Waals surface area contributed by atoms with Crippen molar-refractivity contribution >= 4 is 27.3 Å². The highest BCUT2D eigenvalue weighted by molar-refractivity contribution is 7.90. The molecule has 1 aromatic carbocycles. The SMILES string of the molecule is CS(=O)(=O)c1cccc(C(=O)NC2(CCl)CCOCC2)c1. The topological polar surface area (TPSA) is 72.5 Å². The molecule has 1 saturated heterocycles. The molecule has 1 aromatic rings. The van der Waals surface area contributed by atoms with Gasteiger partial charge >= 0.3 is 0 Å². The molecule has 1 amide bonds. The number of amides is 1. The van der Waals surface area contributed by atoms with Gasteiger partial charge in [-0.05, 0) is 31.0 Å². The lowest BCUT2D eigenvalue weighted by molar-refractivity contribution is 0.0433. The molecule has 1 N–H and O–H groups in total. The second kappa shape index (κ2) is 6.34. The molecule has 1 fully saturated rings. The van der Waals surface area contributed by atoms with Crippen molar-refractivity contribution in [2.75, 3.05) is 25.3 Å². The predicted molar refractivity (Wildman–Crippen MR) is 80.5 cm³/mol. The Balaban J connectivity index is 2.20. The molecule has 1 heterocycles. The van der Waals surface area contributed by atoms with Crippen molar-refractivity contribution in [3.05, 3.63) is 29.8 Å². The quantitative estimate of drug-likeness (QED) is 0.851. The number of alkyl halides is 1. The van der Waals surface area contributed by atoms with Crippen molar-refractivity contribution in [2.45, 2.75) is 23.3 Å². The van der Waals surface area contributed by atoms with Gasteiger partial charge in [-0.3, -0.25) is 4.79 Å². The van der Waals surface area contributed by atoms with E-state index in [1.807, 2.05) is 0 Å². The van der Waals surface area contributed by atoms with E-state index in [-0.39, 0.29) is 10.8 Å². The second-order valence-electron chi connectivity index (χ2n) is 5.28. The van der Waals surface area contributed by atoms with Gasteiger partial charge in [-0.2, -0.15) is 0 Å². The average Bonchev–Trinajstić information content (AvgIpc) is 2.47. The fraction of sp³-hybridized carbons (Fsp3) is 0.500. The van der Waals surface area contributed by atoms with Crippen LogP contribution in [0.3, 0.4) is 0 Å². The Morgan fingerprint density at radius 1 is 1.38 bits per heavy atom. The molecule has 0 aromatic heterocycles. The van der Waals surface area contributed by atoms with Crippen LogP contribution in [0.1, 0.15) is 23.2 Å². The summed E-state index contributed by atoms with van der Waals surface area (Å²) in [6.45, 7) is 1.10. The molecule has 0 aliphatic carbocycles. The molecule has 0 unspecified atom stereocenters. The van der Waals surface area contributed by atoms with Crippen LogP contribution in [-0.2, 0) is 14.6 Å². The molecule has 0 spiro atoms. The molecule has 7 heteroatoms. The number of rotatable bonds is 4. The zero-order valence-corrected chi connectivity index (χ0v) is 13.3. The molecule has 116 valence electrons. The van der Waals surface area contributed by atoms with Crippen LogP contribution in [0.5, 0.6) is 0 Å². The summed E-state index contributed by atoms with van der Waals surface area (Å²) in [4.78, 5) is 12.5. The van der Waals surface area contributed by atoms with E-state index in [0.717, 1.165) is 6.26 Å². The largest absolute Gasteiger partial charge is 0.381 e. The van der Waals surface area contributed by atoms with Crippen LogP contribution in [-0.4, -0.2) is 45.2 Å². The minimum Gasteiger partial charge on any atom is -0.381 e. The van der Waals surface area contributed by atoms with E-state index in [9.17, 15) is 13.2 Å². The van der Waals surface area contributed by atoms with E-state index in [1.54, 1.807) is 12.1 Å². The number of sulfone groups is 1. The van der Waals surface area contributed by atoms with Crippen LogP contribution >= 0.6 is 11.6 Å². The Kier molecular flexibility index (Phi) is 4.91. The molecule has 0 saturated carbocycles. The third-order valence-electron chi connectivity index (χ3n) is 3.61. The lowest BCUT2D eigenvalue weighted by Gasteiger charge is -2.36. The van der Waals surface area contributed by atoms with Crippen LogP contribution in [0.2, 0.25) is 0 Å². The number of benzene rings is 1. The summed E-state index contributed by atoms with van der Waals surface area (Å²) in [5.41, 5.74) is -0.174. The molecule has 1 aliphatic heterocycles. The van der Waals surface area contributed by atoms with E-state index in [1.165, 1.54) is 12.1 Å². The molecule has 0 radical (unpaired) electrons. The predicted octanol–water partition coefficient (Wildman–Crippen LogP) is 1.61. The van der Waals surface area contributed by atoms with Gasteiger partial charge in [-0.15, -0.1) is 11.6 Å². The lowest BCUT2D eigenvalue weighted by Crippen LogP contribution is -2.53. The van der Waals surface area contributed by atoms with E-state index < -0.39 is 15.4 Å². The summed E-state index contributed by atoms with van der Waals surface area (Å²) in [6.07, 6.45) is 2.41. The molecule has 0 bridgehead atoms. The molecule has 2 rings (SSSR count). The average molecular weight is 332 g/mol. The summed E-state index contributed by atoms with van der Waals surface area (Å²) in [6, 6.07) is 6.00. The van der Waals surface area contributed by atoms with Crippen molar-refractivity contribution < 1.29 is 17.9 Å². The van der Waals surface area contributed by atoms with Crippen LogP contribution in [0.15, 0.2) is 29.2 Å². The maximum atomic E-state index is 12.4. The zero-order valence-electron chi connectivity index (χ0n) is 11.8. The normalized spacial score (nSPS) is 18.2. The highest BCUT2D eigenvalue weighted by atomic mass is 35.5. The minimum absolute atomic E-state index is 0.127. The van der Waals surface area contributed by atoms with E-state index in [4.69, 9.17) is 16.3 Å². The number of hydrogen-bond donors (Lipinski definition) is 1. The number of nitrogens with one attached hydrogen (secondary N) is 1. The summed E-state index contributed by atoms with van der Waals surface area (Å²) < 4.78 is 28.4. The highest BCUT2D eigenvalue weighted by Crippen LogP contribution is 2.23. The monoisotopic (exact) mass is 331 g/mol. The first-order chi connectivity index (χ1) is 9.86. The van der Waals surface area contributed by atoms with Crippen LogP contribution in [0.25, 0.3) is 0 Å². The van der Waals surface area contributed by atoms with Gasteiger partial charge in [0.05, 0.1) is 10.4 Å². The van der Waals surface area contributed by atoms with Gasteiger partial charge in [0, 0.05) is 30.9 Å². The standard InChI is InChI=1S/C14H18ClNO4S/c1-21(18,19)12-4-2-3-11(9-12)13(17)16-14(10-15)5-7-20-8-6-14/h2-4,9H,5-8,10H2,1H3,(H,16,17). The van der Waals surface area contributed by atoms with Gasteiger partial charge in [0.15, 0.2) is 9.84 Å². The first-order valence-electron chi connectivity index (χ1n) is 6.63. The molecular weight excluding hydrogens is 314 g/mol. The summed E-state index contributed by atoms with van der Waals surface area (Å²) >= 11 is 6.01. The Morgan fingerprint density at radius 2 is 2.05 bits per heavy atom. The maximum Gasteiger partial charge on any atom is 0.251 e. The fourth-order valence-corrected chi connectivity index (χ4v) is 3.24. The van der Waals surface area contributed by atoms with Crippen molar-refractivity contribution in [1.29, 1.82) is 0 Å². The number of halogens is 1. The Bertz CT molecular complexity index is 624. The molecule has 0 atom stereocenters. The van der Waals surface area contributed by atoms with Crippen LogP contribution < -0.4 is 5.32 Å². The van der Waals surface area contributed by atoms with Crippen LogP contribution in [0, 0.1) is 0 Å². The number of ether oxygens (including phenoxy) is 1. The third kappa shape index (κ3) is 3.96. The Morgan fingerprint density at radius 3 is 2.62 bits per heavy atom. The van der Waals surface area contributed by atoms with Gasteiger partial charge in [0.1, 0.15) is 0 Å². The Labute approximate surface area is 129 Å². The fourth-order valence-electron chi connectivity index (χ4n) is 2.24. The van der Waals surface area contributed by atoms with Gasteiger partial charge < -0.3 is 10.1 Å². The summed E-state index contributed by atoms with van der Waals surface area (Å²) in [7, 11) is -3.34. The third-order valence-corrected chi connectivity index (χ3v) is 5.23. The molecule has 1 aliphatic rings. The Hall–Kier alpha value is -1.11. The first-order valence-corrected chi connectivity index (χ1v) is 9.05. The van der Waals surface area contributed by atoms with Crippen molar-refractivity contribution in [3.8, 4) is 0 Å². The highest BCUT2D eigenvalue weighted by Gasteiger charge is 2.33. The van der Waals surface area contributed by atoms with E-state index in [0.29, 0.717) is 37.5 Å². The summed E-state index contributed by atoms with van der Waals surface area (Å²) in [5.74, 6) is -0.0171. The van der Waals surface area contributed by atoms with E-state index >= 15 is 0 Å². The smallest absolute Gasteiger partial charge is 0.251 e. The van der Waals surface area contributed by atoms with Crippen molar-refractivity contribution in [2.24, 2.45) is 0 Å². The molecule has 21 heavy (non-hydrogen) atoms. The number of hydrogen-bond acceptors (Lipinski definition) is 4. The van der Waals surface area contributed by atoms with Crippen LogP contribution in [0.4, 0.5) is 0 Å². The first kappa shape index (κ1) is 16.3. The zero-order chi connectivity index (χ0) is 15.5. The van der Waals surface area contributed by atoms with Gasteiger partial charge in [0.2, 0.25) is 0 Å². The van der Waals surface area contributed by atoms with Crippen molar-refractivity contribution in [3.63, 3.8) is 0 Å². The maximum absolute atomic E-state index is 12.4. The molecule has 5 nitrogen and oxygen atoms in total. The van der Waals surface area contributed by atoms with Gasteiger partial charge in [-0.1, -0.05) is 6.07 Å².